The zero-order chi connectivity index (χ0) is 13.4. The predicted octanol–water partition coefficient (Wildman–Crippen LogP) is 1.16. The summed E-state index contributed by atoms with van der Waals surface area (Å²) < 4.78 is 5.72. The average molecular weight is 265 g/mol. The molecule has 0 amide bonds. The van der Waals surface area contributed by atoms with Crippen LogP contribution in [0.5, 0.6) is 0 Å². The van der Waals surface area contributed by atoms with Crippen molar-refractivity contribution in [1.82, 2.24) is 9.97 Å². The molecule has 2 bridgehead atoms. The van der Waals surface area contributed by atoms with E-state index in [1.807, 2.05) is 0 Å². The maximum atomic E-state index is 11.1. The molecule has 2 N–H and O–H groups in total. The third-order valence-electron chi connectivity index (χ3n) is 3.67. The normalized spacial score (nSPS) is 28.4. The van der Waals surface area contributed by atoms with Crippen molar-refractivity contribution in [3.05, 3.63) is 16.4 Å². The largest absolute Gasteiger partial charge is 0.373 e. The Labute approximate surface area is 109 Å². The molecule has 19 heavy (non-hydrogen) atoms. The number of anilines is 2. The second kappa shape index (κ2) is 4.61. The van der Waals surface area contributed by atoms with Gasteiger partial charge in [-0.1, -0.05) is 0 Å². The Morgan fingerprint density at radius 3 is 2.79 bits per heavy atom. The van der Waals surface area contributed by atoms with E-state index in [4.69, 9.17) is 4.74 Å². The van der Waals surface area contributed by atoms with Gasteiger partial charge in [-0.15, -0.1) is 0 Å². The Hall–Kier alpha value is -1.96. The highest BCUT2D eigenvalue weighted by Gasteiger charge is 2.41. The van der Waals surface area contributed by atoms with E-state index in [1.165, 1.54) is 6.33 Å². The number of fused-ring (bicyclic) bond motifs is 2. The second-order valence-corrected chi connectivity index (χ2v) is 4.79. The molecule has 2 aliphatic rings. The van der Waals surface area contributed by atoms with Crippen LogP contribution in [0.1, 0.15) is 19.3 Å². The van der Waals surface area contributed by atoms with Crippen molar-refractivity contribution in [3.63, 3.8) is 0 Å². The summed E-state index contributed by atoms with van der Waals surface area (Å²) in [6.45, 7) is 0. The summed E-state index contributed by atoms with van der Waals surface area (Å²) in [5, 5.41) is 17.0. The fourth-order valence-electron chi connectivity index (χ4n) is 2.81. The van der Waals surface area contributed by atoms with Crippen LogP contribution in [-0.4, -0.2) is 40.2 Å². The minimum absolute atomic E-state index is 0.0945. The lowest BCUT2D eigenvalue weighted by molar-refractivity contribution is -0.383. The van der Waals surface area contributed by atoms with Gasteiger partial charge < -0.3 is 15.4 Å². The van der Waals surface area contributed by atoms with Crippen LogP contribution in [0, 0.1) is 10.1 Å². The number of ether oxygens (including phenoxy) is 1. The van der Waals surface area contributed by atoms with E-state index in [-0.39, 0.29) is 35.6 Å². The molecule has 3 heterocycles. The number of aromatic nitrogens is 2. The molecule has 0 aromatic carbocycles. The van der Waals surface area contributed by atoms with Gasteiger partial charge in [0, 0.05) is 7.05 Å². The van der Waals surface area contributed by atoms with E-state index in [2.05, 4.69) is 20.6 Å². The molecule has 3 unspecified atom stereocenters. The minimum atomic E-state index is -0.470. The second-order valence-electron chi connectivity index (χ2n) is 4.79. The van der Waals surface area contributed by atoms with E-state index in [0.29, 0.717) is 0 Å². The zero-order valence-corrected chi connectivity index (χ0v) is 10.5. The first kappa shape index (κ1) is 12.1. The van der Waals surface area contributed by atoms with Crippen molar-refractivity contribution in [2.75, 3.05) is 17.7 Å². The first-order valence-electron chi connectivity index (χ1n) is 6.28. The van der Waals surface area contributed by atoms with E-state index < -0.39 is 4.92 Å². The number of nitrogens with one attached hydrogen (secondary N) is 2. The SMILES string of the molecule is CNc1ncnc(NC2CC3CCC2O3)c1[N+](=O)[O-]. The molecule has 0 saturated carbocycles. The molecule has 1 aromatic rings. The summed E-state index contributed by atoms with van der Waals surface area (Å²) in [6.07, 6.45) is 4.69. The molecule has 0 aliphatic carbocycles. The summed E-state index contributed by atoms with van der Waals surface area (Å²) in [5.41, 5.74) is -0.118. The molecule has 0 spiro atoms. The smallest absolute Gasteiger partial charge is 0.353 e. The fourth-order valence-corrected chi connectivity index (χ4v) is 2.81. The monoisotopic (exact) mass is 265 g/mol. The molecular weight excluding hydrogens is 250 g/mol. The average Bonchev–Trinajstić information content (AvgIpc) is 3.00. The van der Waals surface area contributed by atoms with Gasteiger partial charge in [-0.3, -0.25) is 10.1 Å². The van der Waals surface area contributed by atoms with Crippen molar-refractivity contribution < 1.29 is 9.66 Å². The molecular formula is C11H15N5O3. The van der Waals surface area contributed by atoms with Crippen LogP contribution < -0.4 is 10.6 Å². The van der Waals surface area contributed by atoms with Gasteiger partial charge in [-0.2, -0.15) is 0 Å². The van der Waals surface area contributed by atoms with Gasteiger partial charge in [0.1, 0.15) is 6.33 Å². The van der Waals surface area contributed by atoms with Crippen molar-refractivity contribution >= 4 is 17.3 Å². The number of nitrogens with zero attached hydrogens (tertiary/aromatic N) is 3. The first-order chi connectivity index (χ1) is 9.19. The Bertz CT molecular complexity index is 509. The minimum Gasteiger partial charge on any atom is -0.373 e. The van der Waals surface area contributed by atoms with Gasteiger partial charge in [-0.05, 0) is 19.3 Å². The lowest BCUT2D eigenvalue weighted by Gasteiger charge is -2.20. The summed E-state index contributed by atoms with van der Waals surface area (Å²) in [4.78, 5) is 18.5. The van der Waals surface area contributed by atoms with Crippen molar-refractivity contribution in [3.8, 4) is 0 Å². The highest BCUT2D eigenvalue weighted by atomic mass is 16.6. The van der Waals surface area contributed by atoms with Crippen molar-refractivity contribution in [1.29, 1.82) is 0 Å². The summed E-state index contributed by atoms with van der Waals surface area (Å²) in [7, 11) is 1.60. The van der Waals surface area contributed by atoms with E-state index in [0.717, 1.165) is 19.3 Å². The Kier molecular flexibility index (Phi) is 2.94. The third kappa shape index (κ3) is 2.07. The van der Waals surface area contributed by atoms with Crippen LogP contribution in [0.4, 0.5) is 17.3 Å². The number of hydrogen-bond donors (Lipinski definition) is 2. The highest BCUT2D eigenvalue weighted by molar-refractivity contribution is 5.69. The Morgan fingerprint density at radius 2 is 2.21 bits per heavy atom. The fraction of sp³-hybridized carbons (Fsp3) is 0.636. The van der Waals surface area contributed by atoms with E-state index in [1.54, 1.807) is 7.05 Å². The molecule has 2 aliphatic heterocycles. The van der Waals surface area contributed by atoms with E-state index >= 15 is 0 Å². The topological polar surface area (TPSA) is 102 Å². The van der Waals surface area contributed by atoms with Gasteiger partial charge in [0.05, 0.1) is 23.2 Å². The predicted molar refractivity (Wildman–Crippen MR) is 68.2 cm³/mol. The molecule has 2 fully saturated rings. The van der Waals surface area contributed by atoms with Gasteiger partial charge in [0.15, 0.2) is 0 Å². The number of rotatable bonds is 4. The van der Waals surface area contributed by atoms with Crippen LogP contribution >= 0.6 is 0 Å². The quantitative estimate of drug-likeness (QED) is 0.622. The summed E-state index contributed by atoms with van der Waals surface area (Å²) in [6, 6.07) is 0.0945. The molecule has 1 aromatic heterocycles. The Morgan fingerprint density at radius 1 is 1.42 bits per heavy atom. The molecule has 102 valence electrons. The zero-order valence-electron chi connectivity index (χ0n) is 10.5. The first-order valence-corrected chi connectivity index (χ1v) is 6.28. The molecule has 0 radical (unpaired) electrons. The van der Waals surface area contributed by atoms with Gasteiger partial charge >= 0.3 is 5.69 Å². The molecule has 3 atom stereocenters. The molecule has 2 saturated heterocycles. The molecule has 3 rings (SSSR count). The summed E-state index contributed by atoms with van der Waals surface area (Å²) >= 11 is 0. The maximum Gasteiger partial charge on any atom is 0.353 e. The van der Waals surface area contributed by atoms with Crippen molar-refractivity contribution in [2.45, 2.75) is 37.5 Å². The number of hydrogen-bond acceptors (Lipinski definition) is 7. The van der Waals surface area contributed by atoms with Crippen molar-refractivity contribution in [2.24, 2.45) is 0 Å². The molecule has 8 heteroatoms. The highest BCUT2D eigenvalue weighted by Crippen LogP contribution is 2.37. The van der Waals surface area contributed by atoms with E-state index in [9.17, 15) is 10.1 Å². The van der Waals surface area contributed by atoms with Crippen LogP contribution in [0.15, 0.2) is 6.33 Å². The standard InChI is InChI=1S/C11H15N5O3/c1-12-10-9(16(17)18)11(14-5-13-10)15-7-4-6-2-3-8(7)19-6/h5-8H,2-4H2,1H3,(H2,12,13,14,15). The van der Waals surface area contributed by atoms with Crippen LogP contribution in [0.25, 0.3) is 0 Å². The lowest BCUT2D eigenvalue weighted by atomic mass is 9.95. The van der Waals surface area contributed by atoms with Gasteiger partial charge in [0.2, 0.25) is 11.6 Å². The van der Waals surface area contributed by atoms with Gasteiger partial charge in [-0.25, -0.2) is 9.97 Å². The lowest BCUT2D eigenvalue weighted by Crippen LogP contribution is -2.31. The summed E-state index contributed by atoms with van der Waals surface area (Å²) in [5.74, 6) is 0.470. The maximum absolute atomic E-state index is 11.1. The third-order valence-corrected chi connectivity index (χ3v) is 3.67. The van der Waals surface area contributed by atoms with Crippen LogP contribution in [-0.2, 0) is 4.74 Å². The Balaban J connectivity index is 1.86. The van der Waals surface area contributed by atoms with Gasteiger partial charge in [0.25, 0.3) is 0 Å². The number of nitro groups is 1. The molecule has 8 nitrogen and oxygen atoms in total. The van der Waals surface area contributed by atoms with Crippen LogP contribution in [0.3, 0.4) is 0 Å². The van der Waals surface area contributed by atoms with Crippen LogP contribution in [0.2, 0.25) is 0 Å².